The van der Waals surface area contributed by atoms with Crippen LogP contribution in [0.25, 0.3) is 0 Å². The highest BCUT2D eigenvalue weighted by Gasteiger charge is 2.47. The lowest BCUT2D eigenvalue weighted by molar-refractivity contribution is -0.136. The van der Waals surface area contributed by atoms with Gasteiger partial charge in [0.05, 0.1) is 13.2 Å². The van der Waals surface area contributed by atoms with Crippen LogP contribution in [0.1, 0.15) is 108 Å². The molecule has 0 aromatic heterocycles. The van der Waals surface area contributed by atoms with E-state index >= 15 is 0 Å². The van der Waals surface area contributed by atoms with Gasteiger partial charge in [0.15, 0.2) is 11.6 Å². The Morgan fingerprint density at radius 3 is 1.47 bits per heavy atom. The van der Waals surface area contributed by atoms with Gasteiger partial charge in [0, 0.05) is 24.2 Å². The zero-order chi connectivity index (χ0) is 40.1. The molecule has 1 aliphatic rings. The molecule has 0 saturated heterocycles. The molecule has 0 heterocycles. The van der Waals surface area contributed by atoms with Crippen molar-refractivity contribution in [3.63, 3.8) is 0 Å². The molecule has 5 rings (SSSR count). The average molecular weight is 743 g/mol. The molecule has 0 amide bonds. The molecule has 0 saturated carbocycles. The van der Waals surface area contributed by atoms with Crippen molar-refractivity contribution < 1.29 is 28.5 Å². The third-order valence-corrected chi connectivity index (χ3v) is 10.9. The molecule has 4 aromatic carbocycles. The van der Waals surface area contributed by atoms with E-state index in [2.05, 4.69) is 116 Å². The first-order valence-corrected chi connectivity index (χ1v) is 19.3. The van der Waals surface area contributed by atoms with Gasteiger partial charge in [-0.1, -0.05) is 92.0 Å². The predicted octanol–water partition coefficient (Wildman–Crippen LogP) is 10.8. The van der Waals surface area contributed by atoms with Crippen molar-refractivity contribution in [1.29, 1.82) is 0 Å². The molecule has 0 spiro atoms. The third-order valence-electron chi connectivity index (χ3n) is 10.9. The summed E-state index contributed by atoms with van der Waals surface area (Å²) in [5, 5.41) is 0. The average Bonchev–Trinajstić information content (AvgIpc) is 3.50. The normalized spacial score (nSPS) is 15.5. The van der Waals surface area contributed by atoms with Crippen LogP contribution in [0.15, 0.2) is 128 Å². The SMILES string of the molecule is C=CC(=O)C(C)(C)OCCC(C)(C)Oc1ccc(C2(c3ccc(OC(C)(C)CCOC(C)(C)C(=O)C=C)cc3)CC(c3ccccc3)c3ccccc32)cc1. The van der Waals surface area contributed by atoms with Crippen LogP contribution in [-0.2, 0) is 24.5 Å². The van der Waals surface area contributed by atoms with E-state index in [1.807, 2.05) is 27.7 Å². The fourth-order valence-electron chi connectivity index (χ4n) is 7.50. The lowest BCUT2D eigenvalue weighted by Crippen LogP contribution is -2.37. The van der Waals surface area contributed by atoms with Gasteiger partial charge in [0.2, 0.25) is 0 Å². The standard InChI is InChI=1S/C49H58O6/c1-11-43(50)47(7,8)52-32-30-45(3,4)54-38-26-22-36(23-27-38)49(34-41(35-18-14-13-15-19-35)40-20-16-17-21-42(40)49)37-24-28-39(29-25-37)55-46(5,6)31-33-53-48(9,10)44(51)12-2/h11-29,41H,1-2,30-34H2,3-10H3. The van der Waals surface area contributed by atoms with Crippen molar-refractivity contribution in [3.05, 3.63) is 156 Å². The van der Waals surface area contributed by atoms with E-state index in [0.29, 0.717) is 26.1 Å². The smallest absolute Gasteiger partial charge is 0.186 e. The van der Waals surface area contributed by atoms with Gasteiger partial charge in [-0.05, 0) is 126 Å². The van der Waals surface area contributed by atoms with Crippen molar-refractivity contribution in [1.82, 2.24) is 0 Å². The van der Waals surface area contributed by atoms with Gasteiger partial charge >= 0.3 is 0 Å². The van der Waals surface area contributed by atoms with E-state index in [-0.39, 0.29) is 17.5 Å². The molecule has 0 bridgehead atoms. The van der Waals surface area contributed by atoms with Crippen molar-refractivity contribution in [2.24, 2.45) is 0 Å². The highest BCUT2D eigenvalue weighted by Crippen LogP contribution is 2.56. The van der Waals surface area contributed by atoms with Gasteiger partial charge in [-0.3, -0.25) is 9.59 Å². The molecule has 55 heavy (non-hydrogen) atoms. The number of carbonyl (C=O) groups is 2. The van der Waals surface area contributed by atoms with Gasteiger partial charge in [-0.2, -0.15) is 0 Å². The zero-order valence-electron chi connectivity index (χ0n) is 33.9. The summed E-state index contributed by atoms with van der Waals surface area (Å²) in [6, 6.07) is 36.6. The topological polar surface area (TPSA) is 71.1 Å². The summed E-state index contributed by atoms with van der Waals surface area (Å²) < 4.78 is 24.9. The zero-order valence-corrected chi connectivity index (χ0v) is 33.9. The second kappa shape index (κ2) is 16.5. The Hall–Kier alpha value is -4.78. The van der Waals surface area contributed by atoms with Crippen molar-refractivity contribution in [3.8, 4) is 11.5 Å². The molecule has 6 nitrogen and oxygen atoms in total. The van der Waals surface area contributed by atoms with Gasteiger partial charge in [0.25, 0.3) is 0 Å². The molecule has 1 atom stereocenters. The first-order chi connectivity index (χ1) is 25.9. The summed E-state index contributed by atoms with van der Waals surface area (Å²) in [5.74, 6) is 1.45. The molecule has 1 aliphatic carbocycles. The highest BCUT2D eigenvalue weighted by atomic mass is 16.5. The lowest BCUT2D eigenvalue weighted by atomic mass is 9.69. The molecule has 0 radical (unpaired) electrons. The van der Waals surface area contributed by atoms with Crippen LogP contribution in [0.5, 0.6) is 11.5 Å². The van der Waals surface area contributed by atoms with E-state index < -0.39 is 27.8 Å². The molecule has 0 aliphatic heterocycles. The molecule has 6 heteroatoms. The number of fused-ring (bicyclic) bond motifs is 1. The van der Waals surface area contributed by atoms with E-state index in [1.165, 1.54) is 40.0 Å². The predicted molar refractivity (Wildman–Crippen MR) is 221 cm³/mol. The Morgan fingerprint density at radius 1 is 0.618 bits per heavy atom. The molecule has 0 N–H and O–H groups in total. The van der Waals surface area contributed by atoms with Crippen LogP contribution in [0.3, 0.4) is 0 Å². The second-order valence-corrected chi connectivity index (χ2v) is 16.8. The quantitative estimate of drug-likeness (QED) is 0.0891. The van der Waals surface area contributed by atoms with E-state index in [9.17, 15) is 9.59 Å². The van der Waals surface area contributed by atoms with Gasteiger partial charge in [0.1, 0.15) is 33.9 Å². The number of ether oxygens (including phenoxy) is 4. The Balaban J connectivity index is 1.42. The Bertz CT molecular complexity index is 1860. The van der Waals surface area contributed by atoms with Crippen LogP contribution < -0.4 is 9.47 Å². The van der Waals surface area contributed by atoms with Crippen LogP contribution >= 0.6 is 0 Å². The number of rotatable bonds is 19. The van der Waals surface area contributed by atoms with E-state index in [0.717, 1.165) is 17.9 Å². The first-order valence-electron chi connectivity index (χ1n) is 19.3. The number of hydrogen-bond donors (Lipinski definition) is 0. The fourth-order valence-corrected chi connectivity index (χ4v) is 7.50. The summed E-state index contributed by atoms with van der Waals surface area (Å²) in [6.45, 7) is 23.1. The molecule has 1 unspecified atom stereocenters. The van der Waals surface area contributed by atoms with Crippen LogP contribution in [0.2, 0.25) is 0 Å². The third kappa shape index (κ3) is 9.55. The minimum Gasteiger partial charge on any atom is -0.488 e. The van der Waals surface area contributed by atoms with Crippen LogP contribution in [0.4, 0.5) is 0 Å². The summed E-state index contributed by atoms with van der Waals surface area (Å²) >= 11 is 0. The van der Waals surface area contributed by atoms with Gasteiger partial charge in [-0.15, -0.1) is 0 Å². The van der Waals surface area contributed by atoms with E-state index in [1.54, 1.807) is 27.7 Å². The minimum atomic E-state index is -0.927. The summed E-state index contributed by atoms with van der Waals surface area (Å²) in [5.41, 5.74) is 2.92. The number of ketones is 2. The van der Waals surface area contributed by atoms with Crippen LogP contribution in [-0.4, -0.2) is 47.2 Å². The summed E-state index contributed by atoms with van der Waals surface area (Å²) in [4.78, 5) is 24.4. The van der Waals surface area contributed by atoms with Crippen LogP contribution in [0, 0.1) is 0 Å². The van der Waals surface area contributed by atoms with Crippen molar-refractivity contribution >= 4 is 11.6 Å². The number of carbonyl (C=O) groups excluding carboxylic acids is 2. The van der Waals surface area contributed by atoms with Crippen molar-refractivity contribution in [2.45, 2.75) is 108 Å². The number of hydrogen-bond acceptors (Lipinski definition) is 6. The first kappa shape index (κ1) is 41.4. The van der Waals surface area contributed by atoms with E-state index in [4.69, 9.17) is 18.9 Å². The second-order valence-electron chi connectivity index (χ2n) is 16.8. The summed E-state index contributed by atoms with van der Waals surface area (Å²) in [6.07, 6.45) is 4.68. The highest BCUT2D eigenvalue weighted by molar-refractivity contribution is 5.96. The summed E-state index contributed by atoms with van der Waals surface area (Å²) in [7, 11) is 0. The molecule has 0 fully saturated rings. The molecule has 290 valence electrons. The lowest BCUT2D eigenvalue weighted by Gasteiger charge is -2.34. The fraction of sp³-hybridized carbons (Fsp3) is 0.388. The largest absolute Gasteiger partial charge is 0.488 e. The van der Waals surface area contributed by atoms with Gasteiger partial charge in [-0.25, -0.2) is 0 Å². The maximum absolute atomic E-state index is 12.2. The number of benzene rings is 4. The Kier molecular flexibility index (Phi) is 12.4. The monoisotopic (exact) mass is 742 g/mol. The molecular weight excluding hydrogens is 685 g/mol. The Labute approximate surface area is 328 Å². The van der Waals surface area contributed by atoms with Crippen molar-refractivity contribution in [2.75, 3.05) is 13.2 Å². The minimum absolute atomic E-state index is 0.144. The van der Waals surface area contributed by atoms with Gasteiger partial charge < -0.3 is 18.9 Å². The Morgan fingerprint density at radius 2 is 1.04 bits per heavy atom. The maximum atomic E-state index is 12.2. The molecule has 4 aromatic rings. The molecular formula is C49H58O6. The maximum Gasteiger partial charge on any atom is 0.186 e.